The van der Waals surface area contributed by atoms with E-state index in [2.05, 4.69) is 51.4 Å². The molecular weight excluding hydrogens is 410 g/mol. The summed E-state index contributed by atoms with van der Waals surface area (Å²) in [5.74, 6) is 1.08. The maximum Gasteiger partial charge on any atom is 0.290 e. The zero-order chi connectivity index (χ0) is 21.6. The van der Waals surface area contributed by atoms with Gasteiger partial charge >= 0.3 is 0 Å². The van der Waals surface area contributed by atoms with Gasteiger partial charge in [0.15, 0.2) is 5.96 Å². The molecule has 166 valence electrons. The first-order valence-corrected chi connectivity index (χ1v) is 12.0. The standard InChI is InChI=1S/C23H31N5O2S/c1-15-2-4-16(5-3-15)10-12-24-17-6-8-18(9-7-17)26-22-25-13-11-19(27-22)14-20-21(29)28-23(30)31-20/h2-4,11,14,16-18,24H,5-10,12-13H2,1H3,(H2,25,26,27)(H,28,29,30)/b20-14-. The van der Waals surface area contributed by atoms with Crippen molar-refractivity contribution in [2.24, 2.45) is 10.9 Å². The van der Waals surface area contributed by atoms with Gasteiger partial charge in [0.2, 0.25) is 0 Å². The highest BCUT2D eigenvalue weighted by Crippen LogP contribution is 2.24. The van der Waals surface area contributed by atoms with Crippen LogP contribution < -0.4 is 21.3 Å². The third-order valence-corrected chi connectivity index (χ3v) is 6.95. The van der Waals surface area contributed by atoms with E-state index in [4.69, 9.17) is 0 Å². The summed E-state index contributed by atoms with van der Waals surface area (Å²) in [6.07, 6.45) is 17.5. The van der Waals surface area contributed by atoms with Crippen molar-refractivity contribution < 1.29 is 9.59 Å². The molecule has 31 heavy (non-hydrogen) atoms. The molecule has 1 unspecified atom stereocenters. The number of aliphatic imine (C=N–C) groups is 1. The fourth-order valence-corrected chi connectivity index (χ4v) is 4.97. The smallest absolute Gasteiger partial charge is 0.290 e. The second-order valence-electron chi connectivity index (χ2n) is 8.56. The summed E-state index contributed by atoms with van der Waals surface area (Å²) >= 11 is 0.927. The summed E-state index contributed by atoms with van der Waals surface area (Å²) in [6, 6.07) is 0.996. The maximum atomic E-state index is 11.7. The van der Waals surface area contributed by atoms with Gasteiger partial charge in [0.05, 0.1) is 11.4 Å². The zero-order valence-corrected chi connectivity index (χ0v) is 18.8. The van der Waals surface area contributed by atoms with E-state index < -0.39 is 0 Å². The molecule has 0 radical (unpaired) electrons. The number of thioether (sulfide) groups is 1. The molecule has 4 N–H and O–H groups in total. The maximum absolute atomic E-state index is 11.7. The molecule has 7 nitrogen and oxygen atoms in total. The summed E-state index contributed by atoms with van der Waals surface area (Å²) in [6.45, 7) is 3.79. The number of hydrogen-bond acceptors (Lipinski definition) is 7. The van der Waals surface area contributed by atoms with E-state index in [0.717, 1.165) is 55.6 Å². The van der Waals surface area contributed by atoms with E-state index in [1.54, 1.807) is 6.08 Å². The van der Waals surface area contributed by atoms with Gasteiger partial charge in [0.25, 0.3) is 11.1 Å². The van der Waals surface area contributed by atoms with Gasteiger partial charge < -0.3 is 16.0 Å². The Kier molecular flexibility index (Phi) is 7.29. The van der Waals surface area contributed by atoms with Crippen LogP contribution in [0.4, 0.5) is 4.79 Å². The number of guanidine groups is 1. The van der Waals surface area contributed by atoms with Crippen molar-refractivity contribution >= 4 is 28.9 Å². The molecule has 2 heterocycles. The lowest BCUT2D eigenvalue weighted by atomic mass is 9.90. The number of nitrogens with one attached hydrogen (secondary N) is 4. The Labute approximate surface area is 188 Å². The lowest BCUT2D eigenvalue weighted by molar-refractivity contribution is -0.115. The average molecular weight is 442 g/mol. The molecule has 0 bridgehead atoms. The van der Waals surface area contributed by atoms with E-state index in [1.807, 2.05) is 6.08 Å². The van der Waals surface area contributed by atoms with E-state index in [9.17, 15) is 9.59 Å². The van der Waals surface area contributed by atoms with Gasteiger partial charge in [0, 0.05) is 17.8 Å². The molecule has 2 amide bonds. The van der Waals surface area contributed by atoms with Gasteiger partial charge in [-0.2, -0.15) is 0 Å². The number of amides is 2. The van der Waals surface area contributed by atoms with E-state index in [0.29, 0.717) is 29.5 Å². The normalized spacial score (nSPS) is 29.8. The average Bonchev–Trinajstić information content (AvgIpc) is 3.07. The minimum Gasteiger partial charge on any atom is -0.353 e. The third kappa shape index (κ3) is 6.33. The molecule has 2 aliphatic carbocycles. The molecule has 2 fully saturated rings. The fraction of sp³-hybridized carbons (Fsp3) is 0.522. The second-order valence-corrected chi connectivity index (χ2v) is 9.58. The van der Waals surface area contributed by atoms with Crippen LogP contribution in [0.2, 0.25) is 0 Å². The molecule has 1 atom stereocenters. The zero-order valence-electron chi connectivity index (χ0n) is 17.9. The van der Waals surface area contributed by atoms with Crippen LogP contribution in [-0.2, 0) is 4.79 Å². The predicted octanol–water partition coefficient (Wildman–Crippen LogP) is 3.10. The number of allylic oxidation sites excluding steroid dienone is 5. The Balaban J connectivity index is 1.15. The summed E-state index contributed by atoms with van der Waals surface area (Å²) < 4.78 is 0. The Morgan fingerprint density at radius 2 is 1.97 bits per heavy atom. The van der Waals surface area contributed by atoms with Gasteiger partial charge in [-0.1, -0.05) is 23.8 Å². The number of carbonyl (C=O) groups excluding carboxylic acids is 2. The summed E-state index contributed by atoms with van der Waals surface area (Å²) in [5, 5.41) is 12.5. The van der Waals surface area contributed by atoms with E-state index in [1.165, 1.54) is 18.4 Å². The van der Waals surface area contributed by atoms with Crippen molar-refractivity contribution in [3.05, 3.63) is 46.6 Å². The SMILES string of the molecule is CC1=CCC(CCNC2CCC(NC3=NCC=C(/C=C4\SC(=O)NC4=O)N3)CC2)C=C1. The molecule has 1 saturated carbocycles. The topological polar surface area (TPSA) is 94.6 Å². The molecule has 0 aromatic rings. The molecule has 0 spiro atoms. The van der Waals surface area contributed by atoms with Gasteiger partial charge in [-0.15, -0.1) is 0 Å². The highest BCUT2D eigenvalue weighted by atomic mass is 32.2. The van der Waals surface area contributed by atoms with Crippen molar-refractivity contribution in [1.82, 2.24) is 21.3 Å². The predicted molar refractivity (Wildman–Crippen MR) is 126 cm³/mol. The van der Waals surface area contributed by atoms with Crippen molar-refractivity contribution in [1.29, 1.82) is 0 Å². The van der Waals surface area contributed by atoms with Gasteiger partial charge in [-0.25, -0.2) is 4.99 Å². The van der Waals surface area contributed by atoms with Crippen molar-refractivity contribution in [3.8, 4) is 0 Å². The molecule has 0 aromatic heterocycles. The molecular formula is C23H31N5O2S. The monoisotopic (exact) mass is 441 g/mol. The Bertz CT molecular complexity index is 865. The van der Waals surface area contributed by atoms with Crippen LogP contribution in [0.3, 0.4) is 0 Å². The van der Waals surface area contributed by atoms with Crippen LogP contribution in [0.1, 0.15) is 45.4 Å². The Hall–Kier alpha value is -2.32. The second kappa shape index (κ2) is 10.3. The summed E-state index contributed by atoms with van der Waals surface area (Å²) in [4.78, 5) is 28.0. The summed E-state index contributed by atoms with van der Waals surface area (Å²) in [7, 11) is 0. The molecule has 8 heteroatoms. The molecule has 4 rings (SSSR count). The highest BCUT2D eigenvalue weighted by Gasteiger charge is 2.26. The van der Waals surface area contributed by atoms with E-state index >= 15 is 0 Å². The molecule has 0 aromatic carbocycles. The number of hydrogen-bond donors (Lipinski definition) is 4. The third-order valence-electron chi connectivity index (χ3n) is 6.14. The van der Waals surface area contributed by atoms with E-state index in [-0.39, 0.29) is 11.1 Å². The van der Waals surface area contributed by atoms with Crippen LogP contribution in [0.25, 0.3) is 0 Å². The van der Waals surface area contributed by atoms with Gasteiger partial charge in [0.1, 0.15) is 0 Å². The van der Waals surface area contributed by atoms with Crippen molar-refractivity contribution in [2.75, 3.05) is 13.1 Å². The van der Waals surface area contributed by atoms with Crippen LogP contribution >= 0.6 is 11.8 Å². The van der Waals surface area contributed by atoms with Crippen LogP contribution in [0, 0.1) is 5.92 Å². The highest BCUT2D eigenvalue weighted by molar-refractivity contribution is 8.18. The van der Waals surface area contributed by atoms with Crippen LogP contribution in [-0.4, -0.2) is 42.3 Å². The Morgan fingerprint density at radius 1 is 1.16 bits per heavy atom. The first-order chi connectivity index (χ1) is 15.0. The number of imide groups is 1. The first kappa shape index (κ1) is 21.9. The minimum absolute atomic E-state index is 0.327. The number of carbonyl (C=O) groups is 2. The summed E-state index contributed by atoms with van der Waals surface area (Å²) in [5.41, 5.74) is 2.17. The molecule has 1 saturated heterocycles. The van der Waals surface area contributed by atoms with Gasteiger partial charge in [-0.05, 0) is 81.8 Å². The number of nitrogens with zero attached hydrogens (tertiary/aromatic N) is 1. The van der Waals surface area contributed by atoms with Crippen molar-refractivity contribution in [3.63, 3.8) is 0 Å². The Morgan fingerprint density at radius 3 is 2.68 bits per heavy atom. The molecule has 4 aliphatic rings. The lowest BCUT2D eigenvalue weighted by Gasteiger charge is -2.31. The number of rotatable bonds is 6. The van der Waals surface area contributed by atoms with Gasteiger partial charge in [-0.3, -0.25) is 14.9 Å². The van der Waals surface area contributed by atoms with Crippen LogP contribution in [0.15, 0.2) is 51.5 Å². The quantitative estimate of drug-likeness (QED) is 0.473. The van der Waals surface area contributed by atoms with Crippen LogP contribution in [0.5, 0.6) is 0 Å². The fourth-order valence-electron chi connectivity index (χ4n) is 4.30. The lowest BCUT2D eigenvalue weighted by Crippen LogP contribution is -2.47. The first-order valence-electron chi connectivity index (χ1n) is 11.2. The van der Waals surface area contributed by atoms with Crippen molar-refractivity contribution in [2.45, 2.75) is 57.5 Å². The minimum atomic E-state index is -0.341. The largest absolute Gasteiger partial charge is 0.353 e. The molecule has 2 aliphatic heterocycles.